The number of piperidine rings is 1. The first kappa shape index (κ1) is 14.0. The average Bonchev–Trinajstić information content (AvgIpc) is 3.08. The zero-order valence-electron chi connectivity index (χ0n) is 11.9. The molecule has 0 radical (unpaired) electrons. The van der Waals surface area contributed by atoms with Crippen LogP contribution in [0.15, 0.2) is 12.3 Å². The summed E-state index contributed by atoms with van der Waals surface area (Å²) in [6, 6.07) is 2.36. The number of rotatable bonds is 2. The molecule has 1 aromatic rings. The van der Waals surface area contributed by atoms with E-state index >= 15 is 0 Å². The van der Waals surface area contributed by atoms with Crippen molar-refractivity contribution in [2.24, 2.45) is 13.0 Å². The van der Waals surface area contributed by atoms with Gasteiger partial charge in [-0.05, 0) is 44.2 Å². The highest BCUT2D eigenvalue weighted by atomic mass is 35.5. The fourth-order valence-corrected chi connectivity index (χ4v) is 3.79. The maximum atomic E-state index is 12.6. The van der Waals surface area contributed by atoms with Crippen LogP contribution in [-0.2, 0) is 7.05 Å². The highest BCUT2D eigenvalue weighted by Gasteiger charge is 2.31. The van der Waals surface area contributed by atoms with E-state index in [2.05, 4.69) is 5.32 Å². The Hall–Kier alpha value is -1.00. The second kappa shape index (κ2) is 5.78. The van der Waals surface area contributed by atoms with E-state index in [1.807, 2.05) is 16.5 Å². The zero-order chi connectivity index (χ0) is 14.1. The molecule has 0 aliphatic carbocycles. The fourth-order valence-electron chi connectivity index (χ4n) is 3.54. The van der Waals surface area contributed by atoms with Gasteiger partial charge in [0.15, 0.2) is 0 Å². The summed E-state index contributed by atoms with van der Waals surface area (Å²) in [5.41, 5.74) is 0.690. The highest BCUT2D eigenvalue weighted by Crippen LogP contribution is 2.26. The van der Waals surface area contributed by atoms with Gasteiger partial charge in [-0.25, -0.2) is 0 Å². The summed E-state index contributed by atoms with van der Waals surface area (Å²) in [6.07, 6.45) is 6.64. The molecule has 3 rings (SSSR count). The van der Waals surface area contributed by atoms with Crippen LogP contribution < -0.4 is 5.32 Å². The first-order valence-corrected chi connectivity index (χ1v) is 7.87. The number of carbonyl (C=O) groups is 1. The highest BCUT2D eigenvalue weighted by molar-refractivity contribution is 6.31. The molecular weight excluding hydrogens is 274 g/mol. The topological polar surface area (TPSA) is 37.3 Å². The summed E-state index contributed by atoms with van der Waals surface area (Å²) in [5.74, 6) is 0.716. The van der Waals surface area contributed by atoms with Crippen LogP contribution in [0.25, 0.3) is 0 Å². The summed E-state index contributed by atoms with van der Waals surface area (Å²) in [7, 11) is 1.87. The van der Waals surface area contributed by atoms with Crippen LogP contribution in [0.4, 0.5) is 0 Å². The van der Waals surface area contributed by atoms with E-state index < -0.39 is 0 Å². The fraction of sp³-hybridized carbons (Fsp3) is 0.667. The number of nitrogens with zero attached hydrogens (tertiary/aromatic N) is 2. The molecule has 3 heterocycles. The van der Waals surface area contributed by atoms with Gasteiger partial charge in [0.05, 0.1) is 5.02 Å². The first-order valence-electron chi connectivity index (χ1n) is 7.49. The Balaban J connectivity index is 1.70. The van der Waals surface area contributed by atoms with Gasteiger partial charge in [0, 0.05) is 32.4 Å². The molecule has 0 aromatic carbocycles. The van der Waals surface area contributed by atoms with Gasteiger partial charge >= 0.3 is 0 Å². The quantitative estimate of drug-likeness (QED) is 0.909. The van der Waals surface area contributed by atoms with Crippen LogP contribution in [0.2, 0.25) is 5.02 Å². The second-order valence-corrected chi connectivity index (χ2v) is 6.45. The van der Waals surface area contributed by atoms with Gasteiger partial charge in [0.25, 0.3) is 5.91 Å². The Morgan fingerprint density at radius 1 is 1.40 bits per heavy atom. The average molecular weight is 296 g/mol. The predicted octanol–water partition coefficient (Wildman–Crippen LogP) is 2.28. The van der Waals surface area contributed by atoms with Gasteiger partial charge in [-0.2, -0.15) is 0 Å². The molecule has 20 heavy (non-hydrogen) atoms. The van der Waals surface area contributed by atoms with Crippen LogP contribution >= 0.6 is 11.6 Å². The lowest BCUT2D eigenvalue weighted by Gasteiger charge is -2.35. The molecule has 1 N–H and O–H groups in total. The Kier molecular flexibility index (Phi) is 4.03. The van der Waals surface area contributed by atoms with E-state index in [1.54, 1.807) is 12.3 Å². The van der Waals surface area contributed by atoms with Crippen molar-refractivity contribution in [3.8, 4) is 0 Å². The number of aromatic nitrogens is 1. The molecular formula is C15H22ClN3O. The Bertz CT molecular complexity index is 493. The third-order valence-electron chi connectivity index (χ3n) is 4.60. The molecule has 1 amide bonds. The molecule has 4 nitrogen and oxygen atoms in total. The lowest BCUT2D eigenvalue weighted by atomic mass is 9.89. The van der Waals surface area contributed by atoms with Gasteiger partial charge in [-0.15, -0.1) is 0 Å². The molecule has 2 saturated heterocycles. The Morgan fingerprint density at radius 3 is 2.90 bits per heavy atom. The molecule has 110 valence electrons. The maximum absolute atomic E-state index is 12.6. The van der Waals surface area contributed by atoms with E-state index in [0.29, 0.717) is 22.7 Å². The van der Waals surface area contributed by atoms with E-state index in [0.717, 1.165) is 26.1 Å². The second-order valence-electron chi connectivity index (χ2n) is 6.01. The Morgan fingerprint density at radius 2 is 2.25 bits per heavy atom. The van der Waals surface area contributed by atoms with Crippen LogP contribution in [0.5, 0.6) is 0 Å². The third kappa shape index (κ3) is 2.72. The first-order chi connectivity index (χ1) is 9.65. The van der Waals surface area contributed by atoms with Crippen molar-refractivity contribution >= 4 is 17.5 Å². The molecule has 1 aromatic heterocycles. The number of likely N-dealkylation sites (tertiary alicyclic amines) is 1. The lowest BCUT2D eigenvalue weighted by Crippen LogP contribution is -2.46. The molecule has 2 fully saturated rings. The molecule has 5 heteroatoms. The number of halogens is 1. The molecule has 0 saturated carbocycles. The monoisotopic (exact) mass is 295 g/mol. The largest absolute Gasteiger partial charge is 0.345 e. The van der Waals surface area contributed by atoms with Crippen molar-refractivity contribution in [3.05, 3.63) is 23.0 Å². The van der Waals surface area contributed by atoms with Gasteiger partial charge in [-0.1, -0.05) is 11.6 Å². The minimum absolute atomic E-state index is 0.113. The van der Waals surface area contributed by atoms with Crippen molar-refractivity contribution in [2.45, 2.75) is 31.7 Å². The zero-order valence-corrected chi connectivity index (χ0v) is 12.7. The van der Waals surface area contributed by atoms with Crippen LogP contribution in [0.3, 0.4) is 0 Å². The predicted molar refractivity (Wildman–Crippen MR) is 80.1 cm³/mol. The minimum atomic E-state index is 0.113. The van der Waals surface area contributed by atoms with E-state index in [4.69, 9.17) is 11.6 Å². The summed E-state index contributed by atoms with van der Waals surface area (Å²) >= 11 is 5.98. The van der Waals surface area contributed by atoms with Gasteiger partial charge < -0.3 is 14.8 Å². The minimum Gasteiger partial charge on any atom is -0.345 e. The molecule has 0 spiro atoms. The maximum Gasteiger partial charge on any atom is 0.270 e. The van der Waals surface area contributed by atoms with Crippen LogP contribution in [0.1, 0.15) is 36.2 Å². The van der Waals surface area contributed by atoms with Crippen LogP contribution in [-0.4, -0.2) is 41.1 Å². The summed E-state index contributed by atoms with van der Waals surface area (Å²) < 4.78 is 1.82. The van der Waals surface area contributed by atoms with E-state index in [1.165, 1.54) is 19.3 Å². The van der Waals surface area contributed by atoms with Crippen molar-refractivity contribution in [1.29, 1.82) is 0 Å². The van der Waals surface area contributed by atoms with Crippen molar-refractivity contribution < 1.29 is 4.79 Å². The number of nitrogens with one attached hydrogen (secondary N) is 1. The third-order valence-corrected chi connectivity index (χ3v) is 4.81. The van der Waals surface area contributed by atoms with Crippen LogP contribution in [0, 0.1) is 5.92 Å². The van der Waals surface area contributed by atoms with E-state index in [9.17, 15) is 4.79 Å². The molecule has 2 aliphatic rings. The summed E-state index contributed by atoms with van der Waals surface area (Å²) in [4.78, 5) is 14.6. The standard InChI is InChI=1S/C15H22ClN3O/c1-18-10-12(16)8-14(18)15(20)19-7-3-4-11(9-19)13-5-2-6-17-13/h8,10-11,13,17H,2-7,9H2,1H3. The number of hydrogen-bond acceptors (Lipinski definition) is 2. The van der Waals surface area contributed by atoms with E-state index in [-0.39, 0.29) is 5.91 Å². The number of hydrogen-bond donors (Lipinski definition) is 1. The smallest absolute Gasteiger partial charge is 0.270 e. The van der Waals surface area contributed by atoms with Gasteiger partial charge in [-0.3, -0.25) is 4.79 Å². The number of amides is 1. The van der Waals surface area contributed by atoms with Crippen molar-refractivity contribution in [3.63, 3.8) is 0 Å². The summed E-state index contributed by atoms with van der Waals surface area (Å²) in [5, 5.41) is 4.20. The van der Waals surface area contributed by atoms with Gasteiger partial charge in [0.1, 0.15) is 5.69 Å². The molecule has 2 aliphatic heterocycles. The number of carbonyl (C=O) groups excluding carboxylic acids is 1. The van der Waals surface area contributed by atoms with Crippen molar-refractivity contribution in [2.75, 3.05) is 19.6 Å². The molecule has 2 atom stereocenters. The summed E-state index contributed by atoms with van der Waals surface area (Å²) in [6.45, 7) is 2.87. The number of aryl methyl sites for hydroxylation is 1. The van der Waals surface area contributed by atoms with Gasteiger partial charge in [0.2, 0.25) is 0 Å². The Labute approximate surface area is 125 Å². The SMILES string of the molecule is Cn1cc(Cl)cc1C(=O)N1CCCC(C2CCCN2)C1. The van der Waals surface area contributed by atoms with Crippen molar-refractivity contribution in [1.82, 2.24) is 14.8 Å². The lowest BCUT2D eigenvalue weighted by molar-refractivity contribution is 0.0641. The molecule has 0 bridgehead atoms. The normalized spacial score (nSPS) is 27.0. The molecule has 2 unspecified atom stereocenters.